The summed E-state index contributed by atoms with van der Waals surface area (Å²) in [5.74, 6) is -0.596. The number of halogens is 1. The minimum absolute atomic E-state index is 0.0169. The van der Waals surface area contributed by atoms with Crippen LogP contribution in [0.15, 0.2) is 54.6 Å². The molecule has 0 spiro atoms. The SMILES string of the molecule is CC(C)NC(=O)[C@@H](NC(=O)c1cccc(Cl)c1)c1ccccc1. The zero-order chi connectivity index (χ0) is 16.8. The second-order valence-electron chi connectivity index (χ2n) is 5.49. The van der Waals surface area contributed by atoms with Crippen LogP contribution in [0.5, 0.6) is 0 Å². The average Bonchev–Trinajstić information content (AvgIpc) is 2.52. The summed E-state index contributed by atoms with van der Waals surface area (Å²) < 4.78 is 0. The number of rotatable bonds is 5. The van der Waals surface area contributed by atoms with E-state index >= 15 is 0 Å². The van der Waals surface area contributed by atoms with Crippen molar-refractivity contribution in [3.63, 3.8) is 0 Å². The van der Waals surface area contributed by atoms with Gasteiger partial charge in [-0.1, -0.05) is 48.0 Å². The first-order chi connectivity index (χ1) is 11.0. The van der Waals surface area contributed by atoms with E-state index in [1.165, 1.54) is 0 Å². The zero-order valence-corrected chi connectivity index (χ0v) is 13.8. The summed E-state index contributed by atoms with van der Waals surface area (Å²) in [7, 11) is 0. The molecule has 0 saturated heterocycles. The molecule has 23 heavy (non-hydrogen) atoms. The van der Waals surface area contributed by atoms with E-state index in [2.05, 4.69) is 10.6 Å². The lowest BCUT2D eigenvalue weighted by atomic mass is 10.0. The number of hydrogen-bond acceptors (Lipinski definition) is 2. The van der Waals surface area contributed by atoms with Crippen LogP contribution < -0.4 is 10.6 Å². The van der Waals surface area contributed by atoms with Crippen LogP contribution in [0.1, 0.15) is 35.8 Å². The minimum Gasteiger partial charge on any atom is -0.352 e. The standard InChI is InChI=1S/C18H19ClN2O2/c1-12(2)20-18(23)16(13-7-4-3-5-8-13)21-17(22)14-9-6-10-15(19)11-14/h3-12,16H,1-2H3,(H,20,23)(H,21,22)/t16-/m0/s1. The molecule has 2 rings (SSSR count). The minimum atomic E-state index is -0.759. The van der Waals surface area contributed by atoms with Gasteiger partial charge in [-0.3, -0.25) is 9.59 Å². The van der Waals surface area contributed by atoms with E-state index in [9.17, 15) is 9.59 Å². The van der Waals surface area contributed by atoms with Crippen molar-refractivity contribution in [3.05, 3.63) is 70.7 Å². The number of carbonyl (C=O) groups is 2. The molecule has 0 radical (unpaired) electrons. The molecule has 0 fully saturated rings. The molecule has 120 valence electrons. The number of nitrogens with one attached hydrogen (secondary N) is 2. The first-order valence-corrected chi connectivity index (χ1v) is 7.77. The van der Waals surface area contributed by atoms with Crippen molar-refractivity contribution in [2.24, 2.45) is 0 Å². The zero-order valence-electron chi connectivity index (χ0n) is 13.0. The molecule has 0 bridgehead atoms. The molecule has 0 aliphatic rings. The van der Waals surface area contributed by atoms with Gasteiger partial charge in [0, 0.05) is 16.6 Å². The summed E-state index contributed by atoms with van der Waals surface area (Å²) in [4.78, 5) is 24.9. The number of hydrogen-bond donors (Lipinski definition) is 2. The van der Waals surface area contributed by atoms with Crippen molar-refractivity contribution in [1.29, 1.82) is 0 Å². The monoisotopic (exact) mass is 330 g/mol. The fourth-order valence-corrected chi connectivity index (χ4v) is 2.35. The number of amides is 2. The molecule has 5 heteroatoms. The second-order valence-corrected chi connectivity index (χ2v) is 5.93. The van der Waals surface area contributed by atoms with Gasteiger partial charge in [-0.15, -0.1) is 0 Å². The predicted octanol–water partition coefficient (Wildman–Crippen LogP) is 3.34. The van der Waals surface area contributed by atoms with Crippen LogP contribution in [0, 0.1) is 0 Å². The van der Waals surface area contributed by atoms with Crippen molar-refractivity contribution >= 4 is 23.4 Å². The molecule has 2 aromatic rings. The second kappa shape index (κ2) is 7.79. The highest BCUT2D eigenvalue weighted by Gasteiger charge is 2.23. The van der Waals surface area contributed by atoms with Crippen LogP contribution in [0.2, 0.25) is 5.02 Å². The summed E-state index contributed by atoms with van der Waals surface area (Å²) in [5, 5.41) is 6.07. The van der Waals surface area contributed by atoms with Gasteiger partial charge in [0.2, 0.25) is 5.91 Å². The van der Waals surface area contributed by atoms with Crippen molar-refractivity contribution in [3.8, 4) is 0 Å². The predicted molar refractivity (Wildman–Crippen MR) is 91.4 cm³/mol. The summed E-state index contributed by atoms with van der Waals surface area (Å²) in [6, 6.07) is 15.0. The highest BCUT2D eigenvalue weighted by Crippen LogP contribution is 2.16. The molecule has 0 unspecified atom stereocenters. The van der Waals surface area contributed by atoms with Gasteiger partial charge in [-0.25, -0.2) is 0 Å². The van der Waals surface area contributed by atoms with Crippen molar-refractivity contribution in [2.75, 3.05) is 0 Å². The quantitative estimate of drug-likeness (QED) is 0.883. The normalized spacial score (nSPS) is 11.8. The van der Waals surface area contributed by atoms with Gasteiger partial charge in [0.25, 0.3) is 5.91 Å². The molecule has 0 saturated carbocycles. The Morgan fingerprint density at radius 2 is 1.65 bits per heavy atom. The van der Waals surface area contributed by atoms with Crippen LogP contribution >= 0.6 is 11.6 Å². The van der Waals surface area contributed by atoms with E-state index in [0.717, 1.165) is 5.56 Å². The Morgan fingerprint density at radius 1 is 0.957 bits per heavy atom. The molecule has 4 nitrogen and oxygen atoms in total. The molecule has 0 aliphatic carbocycles. The Kier molecular flexibility index (Phi) is 5.77. The topological polar surface area (TPSA) is 58.2 Å². The van der Waals surface area contributed by atoms with E-state index in [-0.39, 0.29) is 17.9 Å². The summed E-state index contributed by atoms with van der Waals surface area (Å²) in [6.07, 6.45) is 0. The Bertz CT molecular complexity index is 686. The van der Waals surface area contributed by atoms with Gasteiger partial charge >= 0.3 is 0 Å². The average molecular weight is 331 g/mol. The third kappa shape index (κ3) is 4.83. The lowest BCUT2D eigenvalue weighted by Gasteiger charge is -2.20. The van der Waals surface area contributed by atoms with E-state index < -0.39 is 6.04 Å². The molecular formula is C18H19ClN2O2. The maximum atomic E-state index is 12.4. The molecule has 2 aromatic carbocycles. The Hall–Kier alpha value is -2.33. The fourth-order valence-electron chi connectivity index (χ4n) is 2.16. The highest BCUT2D eigenvalue weighted by atomic mass is 35.5. The molecule has 0 aliphatic heterocycles. The first-order valence-electron chi connectivity index (χ1n) is 7.39. The Morgan fingerprint density at radius 3 is 2.26 bits per heavy atom. The third-order valence-corrected chi connectivity index (χ3v) is 3.42. The van der Waals surface area contributed by atoms with Gasteiger partial charge in [0.05, 0.1) is 0 Å². The number of carbonyl (C=O) groups excluding carboxylic acids is 2. The van der Waals surface area contributed by atoms with Crippen LogP contribution in [0.3, 0.4) is 0 Å². The smallest absolute Gasteiger partial charge is 0.252 e. The highest BCUT2D eigenvalue weighted by molar-refractivity contribution is 6.31. The summed E-state index contributed by atoms with van der Waals surface area (Å²) in [6.45, 7) is 3.75. The van der Waals surface area contributed by atoms with E-state index in [4.69, 9.17) is 11.6 Å². The van der Waals surface area contributed by atoms with Gasteiger partial charge in [-0.05, 0) is 37.6 Å². The largest absolute Gasteiger partial charge is 0.352 e. The fraction of sp³-hybridized carbons (Fsp3) is 0.222. The van der Waals surface area contributed by atoms with Gasteiger partial charge in [-0.2, -0.15) is 0 Å². The third-order valence-electron chi connectivity index (χ3n) is 3.19. The molecule has 2 N–H and O–H groups in total. The Balaban J connectivity index is 2.24. The summed E-state index contributed by atoms with van der Waals surface area (Å²) >= 11 is 5.91. The molecule has 1 atom stereocenters. The van der Waals surface area contributed by atoms with E-state index in [0.29, 0.717) is 10.6 Å². The number of benzene rings is 2. The Labute approximate surface area is 140 Å². The van der Waals surface area contributed by atoms with E-state index in [1.807, 2.05) is 44.2 Å². The summed E-state index contributed by atoms with van der Waals surface area (Å²) in [5.41, 5.74) is 1.14. The molecule has 2 amide bonds. The van der Waals surface area contributed by atoms with Gasteiger partial charge in [0.1, 0.15) is 6.04 Å². The van der Waals surface area contributed by atoms with Crippen LogP contribution in [0.4, 0.5) is 0 Å². The lowest BCUT2D eigenvalue weighted by molar-refractivity contribution is -0.123. The molecule has 0 heterocycles. The van der Waals surface area contributed by atoms with Crippen molar-refractivity contribution < 1.29 is 9.59 Å². The van der Waals surface area contributed by atoms with Crippen LogP contribution in [0.25, 0.3) is 0 Å². The molecule has 0 aromatic heterocycles. The van der Waals surface area contributed by atoms with Crippen molar-refractivity contribution in [2.45, 2.75) is 25.9 Å². The van der Waals surface area contributed by atoms with Crippen LogP contribution in [-0.4, -0.2) is 17.9 Å². The van der Waals surface area contributed by atoms with E-state index in [1.54, 1.807) is 24.3 Å². The van der Waals surface area contributed by atoms with Crippen LogP contribution in [-0.2, 0) is 4.79 Å². The lowest BCUT2D eigenvalue weighted by Crippen LogP contribution is -2.42. The maximum Gasteiger partial charge on any atom is 0.252 e. The van der Waals surface area contributed by atoms with Crippen molar-refractivity contribution in [1.82, 2.24) is 10.6 Å². The molecular weight excluding hydrogens is 312 g/mol. The first kappa shape index (κ1) is 17.0. The van der Waals surface area contributed by atoms with Gasteiger partial charge < -0.3 is 10.6 Å². The maximum absolute atomic E-state index is 12.4. The van der Waals surface area contributed by atoms with Gasteiger partial charge in [0.15, 0.2) is 0 Å².